The Balaban J connectivity index is 0.00000180. The number of carbonyl (C=O) groups is 1. The smallest absolute Gasteiger partial charge is 0.231 e. The lowest BCUT2D eigenvalue weighted by atomic mass is 9.92. The van der Waals surface area contributed by atoms with E-state index in [1.54, 1.807) is 18.5 Å². The van der Waals surface area contributed by atoms with Crippen LogP contribution >= 0.6 is 12.4 Å². The summed E-state index contributed by atoms with van der Waals surface area (Å²) in [7, 11) is 0. The van der Waals surface area contributed by atoms with Crippen LogP contribution in [0.5, 0.6) is 0 Å². The van der Waals surface area contributed by atoms with Gasteiger partial charge in [-0.1, -0.05) is 0 Å². The van der Waals surface area contributed by atoms with E-state index in [0.29, 0.717) is 12.2 Å². The lowest BCUT2D eigenvalue weighted by Gasteiger charge is -2.21. The van der Waals surface area contributed by atoms with Gasteiger partial charge in [0.05, 0.1) is 16.4 Å². The quantitative estimate of drug-likeness (QED) is 0.901. The molecule has 0 atom stereocenters. The molecule has 3 N–H and O–H groups in total. The zero-order valence-corrected chi connectivity index (χ0v) is 11.7. The largest absolute Gasteiger partial charge is 0.329 e. The average Bonchev–Trinajstić information content (AvgIpc) is 2.38. The minimum atomic E-state index is -0.586. The molecule has 0 radical (unpaired) electrons. The molecule has 0 unspecified atom stereocenters. The third kappa shape index (κ3) is 3.39. The van der Waals surface area contributed by atoms with Crippen LogP contribution in [0.4, 0.5) is 5.69 Å². The topological polar surface area (TPSA) is 80.9 Å². The number of amides is 1. The van der Waals surface area contributed by atoms with E-state index in [1.807, 2.05) is 26.0 Å². The molecule has 0 saturated carbocycles. The monoisotopic (exact) mass is 280 g/mol. The summed E-state index contributed by atoms with van der Waals surface area (Å²) in [4.78, 5) is 20.3. The number of halogens is 1. The molecule has 1 amide bonds. The van der Waals surface area contributed by atoms with Crippen molar-refractivity contribution in [3.8, 4) is 0 Å². The molecule has 0 aliphatic rings. The van der Waals surface area contributed by atoms with E-state index in [1.165, 1.54) is 0 Å². The van der Waals surface area contributed by atoms with Gasteiger partial charge in [0.2, 0.25) is 5.91 Å². The summed E-state index contributed by atoms with van der Waals surface area (Å²) < 4.78 is 0. The van der Waals surface area contributed by atoms with Gasteiger partial charge < -0.3 is 11.1 Å². The van der Waals surface area contributed by atoms with Crippen LogP contribution in [0.15, 0.2) is 30.6 Å². The van der Waals surface area contributed by atoms with Crippen molar-refractivity contribution in [3.63, 3.8) is 0 Å². The van der Waals surface area contributed by atoms with Crippen LogP contribution in [0, 0.1) is 5.41 Å². The van der Waals surface area contributed by atoms with Gasteiger partial charge in [-0.15, -0.1) is 12.4 Å². The van der Waals surface area contributed by atoms with Crippen molar-refractivity contribution in [1.82, 2.24) is 9.97 Å². The second-order valence-electron chi connectivity index (χ2n) is 4.80. The van der Waals surface area contributed by atoms with Gasteiger partial charge in [0.15, 0.2) is 0 Å². The molecule has 0 aliphatic heterocycles. The number of nitrogens with one attached hydrogen (secondary N) is 1. The molecule has 1 aromatic carbocycles. The van der Waals surface area contributed by atoms with E-state index in [0.717, 1.165) is 11.0 Å². The first-order chi connectivity index (χ1) is 8.53. The number of benzene rings is 1. The van der Waals surface area contributed by atoms with E-state index < -0.39 is 5.41 Å². The Bertz CT molecular complexity index is 586. The SMILES string of the molecule is CC(C)(CN)C(=O)Nc1ccc2nccnc2c1.Cl. The summed E-state index contributed by atoms with van der Waals surface area (Å²) in [5.41, 5.74) is 7.24. The summed E-state index contributed by atoms with van der Waals surface area (Å²) in [5.74, 6) is -0.103. The molecular weight excluding hydrogens is 264 g/mol. The number of aromatic nitrogens is 2. The van der Waals surface area contributed by atoms with Crippen molar-refractivity contribution in [2.24, 2.45) is 11.1 Å². The molecule has 0 fully saturated rings. The molecule has 102 valence electrons. The third-order valence-corrected chi connectivity index (χ3v) is 2.85. The summed E-state index contributed by atoms with van der Waals surface area (Å²) in [6.07, 6.45) is 3.26. The van der Waals surface area contributed by atoms with Crippen molar-refractivity contribution in [1.29, 1.82) is 0 Å². The van der Waals surface area contributed by atoms with Gasteiger partial charge >= 0.3 is 0 Å². The highest BCUT2D eigenvalue weighted by Crippen LogP contribution is 2.19. The standard InChI is InChI=1S/C13H16N4O.ClH/c1-13(2,8-14)12(18)17-9-3-4-10-11(7-9)16-6-5-15-10;/h3-7H,8,14H2,1-2H3,(H,17,18);1H. The van der Waals surface area contributed by atoms with Crippen LogP contribution in [-0.4, -0.2) is 22.4 Å². The van der Waals surface area contributed by atoms with Crippen LogP contribution in [0.3, 0.4) is 0 Å². The minimum Gasteiger partial charge on any atom is -0.329 e. The van der Waals surface area contributed by atoms with Gasteiger partial charge in [0.1, 0.15) is 0 Å². The Kier molecular flexibility index (Phi) is 4.80. The lowest BCUT2D eigenvalue weighted by molar-refractivity contribution is -0.123. The third-order valence-electron chi connectivity index (χ3n) is 2.85. The summed E-state index contributed by atoms with van der Waals surface area (Å²) >= 11 is 0. The van der Waals surface area contributed by atoms with Gasteiger partial charge in [-0.25, -0.2) is 0 Å². The fourth-order valence-corrected chi connectivity index (χ4v) is 1.43. The molecule has 0 aliphatic carbocycles. The van der Waals surface area contributed by atoms with Crippen molar-refractivity contribution >= 4 is 35.0 Å². The molecule has 1 heterocycles. The number of nitrogens with two attached hydrogens (primary N) is 1. The van der Waals surface area contributed by atoms with Gasteiger partial charge in [-0.2, -0.15) is 0 Å². The van der Waals surface area contributed by atoms with E-state index in [4.69, 9.17) is 5.73 Å². The number of anilines is 1. The Morgan fingerprint density at radius 3 is 2.53 bits per heavy atom. The second kappa shape index (κ2) is 5.95. The van der Waals surface area contributed by atoms with Crippen molar-refractivity contribution in [2.45, 2.75) is 13.8 Å². The Hall–Kier alpha value is -1.72. The first-order valence-electron chi connectivity index (χ1n) is 5.75. The highest BCUT2D eigenvalue weighted by atomic mass is 35.5. The first kappa shape index (κ1) is 15.3. The zero-order chi connectivity index (χ0) is 13.2. The molecule has 2 aromatic rings. The van der Waals surface area contributed by atoms with Gasteiger partial charge in [0, 0.05) is 24.6 Å². The normalized spacial score (nSPS) is 10.9. The molecule has 0 saturated heterocycles. The molecule has 2 rings (SSSR count). The van der Waals surface area contributed by atoms with Crippen LogP contribution in [0.1, 0.15) is 13.8 Å². The summed E-state index contributed by atoms with van der Waals surface area (Å²) in [6, 6.07) is 5.43. The van der Waals surface area contributed by atoms with E-state index in [9.17, 15) is 4.79 Å². The number of nitrogens with zero attached hydrogens (tertiary/aromatic N) is 2. The van der Waals surface area contributed by atoms with Crippen molar-refractivity contribution in [3.05, 3.63) is 30.6 Å². The highest BCUT2D eigenvalue weighted by Gasteiger charge is 2.25. The first-order valence-corrected chi connectivity index (χ1v) is 5.75. The fourth-order valence-electron chi connectivity index (χ4n) is 1.43. The maximum Gasteiger partial charge on any atom is 0.231 e. The van der Waals surface area contributed by atoms with Gasteiger partial charge in [-0.05, 0) is 32.0 Å². The molecule has 0 bridgehead atoms. The predicted octanol–water partition coefficient (Wildman–Crippen LogP) is 1.98. The van der Waals surface area contributed by atoms with Gasteiger partial charge in [0.25, 0.3) is 0 Å². The predicted molar refractivity (Wildman–Crippen MR) is 78.3 cm³/mol. The van der Waals surface area contributed by atoms with Crippen LogP contribution in [0.2, 0.25) is 0 Å². The summed E-state index contributed by atoms with van der Waals surface area (Å²) in [6.45, 7) is 3.92. The minimum absolute atomic E-state index is 0. The maximum absolute atomic E-state index is 12.0. The number of rotatable bonds is 3. The molecule has 6 heteroatoms. The fraction of sp³-hybridized carbons (Fsp3) is 0.308. The molecular formula is C13H17ClN4O. The second-order valence-corrected chi connectivity index (χ2v) is 4.80. The number of hydrogen-bond acceptors (Lipinski definition) is 4. The number of fused-ring (bicyclic) bond motifs is 1. The molecule has 1 aromatic heterocycles. The average molecular weight is 281 g/mol. The van der Waals surface area contributed by atoms with Gasteiger partial charge in [-0.3, -0.25) is 14.8 Å². The van der Waals surface area contributed by atoms with Crippen LogP contribution < -0.4 is 11.1 Å². The number of hydrogen-bond donors (Lipinski definition) is 2. The Morgan fingerprint density at radius 2 is 1.89 bits per heavy atom. The van der Waals surface area contributed by atoms with Crippen LogP contribution in [-0.2, 0) is 4.79 Å². The maximum atomic E-state index is 12.0. The number of carbonyl (C=O) groups excluding carboxylic acids is 1. The summed E-state index contributed by atoms with van der Waals surface area (Å²) in [5, 5.41) is 2.84. The molecule has 0 spiro atoms. The van der Waals surface area contributed by atoms with E-state index in [2.05, 4.69) is 15.3 Å². The molecule has 19 heavy (non-hydrogen) atoms. The Morgan fingerprint density at radius 1 is 1.26 bits per heavy atom. The molecule has 5 nitrogen and oxygen atoms in total. The highest BCUT2D eigenvalue weighted by molar-refractivity contribution is 5.96. The van der Waals surface area contributed by atoms with Crippen molar-refractivity contribution < 1.29 is 4.79 Å². The lowest BCUT2D eigenvalue weighted by Crippen LogP contribution is -2.37. The zero-order valence-electron chi connectivity index (χ0n) is 10.9. The van der Waals surface area contributed by atoms with Crippen molar-refractivity contribution in [2.75, 3.05) is 11.9 Å². The van der Waals surface area contributed by atoms with Crippen LogP contribution in [0.25, 0.3) is 11.0 Å². The van der Waals surface area contributed by atoms with E-state index >= 15 is 0 Å². The Labute approximate surface area is 118 Å². The van der Waals surface area contributed by atoms with E-state index in [-0.39, 0.29) is 18.3 Å².